The summed E-state index contributed by atoms with van der Waals surface area (Å²) < 4.78 is 30.4. The molecule has 1 aliphatic heterocycles. The number of piperidine rings is 1. The maximum atomic E-state index is 11.7. The van der Waals surface area contributed by atoms with Crippen molar-refractivity contribution in [3.05, 3.63) is 24.3 Å². The second kappa shape index (κ2) is 6.44. The lowest BCUT2D eigenvalue weighted by atomic mass is 9.96. The number of carbonyl (C=O) groups excluding carboxylic acids is 1. The molecule has 1 aromatic carbocycles. The molecule has 1 fully saturated rings. The zero-order valence-corrected chi connectivity index (χ0v) is 13.0. The lowest BCUT2D eigenvalue weighted by Crippen LogP contribution is -2.36. The zero-order valence-electron chi connectivity index (χ0n) is 12.2. The molecule has 0 bridgehead atoms. The minimum atomic E-state index is -3.40. The van der Waals surface area contributed by atoms with Crippen LogP contribution in [0.25, 0.3) is 0 Å². The smallest absolute Gasteiger partial charge is 0.308 e. The van der Waals surface area contributed by atoms with Gasteiger partial charge in [0.1, 0.15) is 0 Å². The summed E-state index contributed by atoms with van der Waals surface area (Å²) >= 11 is 0. The molecule has 1 aromatic rings. The number of hydrogen-bond acceptors (Lipinski definition) is 5. The highest BCUT2D eigenvalue weighted by Crippen LogP contribution is 2.25. The molecule has 0 saturated carbocycles. The quantitative estimate of drug-likeness (QED) is 0.839. The van der Waals surface area contributed by atoms with Gasteiger partial charge in [-0.15, -0.1) is 0 Å². The highest BCUT2D eigenvalue weighted by atomic mass is 32.2. The molecule has 0 aliphatic carbocycles. The molecule has 0 atom stereocenters. The van der Waals surface area contributed by atoms with Crippen molar-refractivity contribution in [1.82, 2.24) is 4.72 Å². The fraction of sp³-hybridized carbons (Fsp3) is 0.500. The van der Waals surface area contributed by atoms with Gasteiger partial charge in [-0.25, -0.2) is 13.1 Å². The Morgan fingerprint density at radius 2 is 1.81 bits per heavy atom. The Kier molecular flexibility index (Phi) is 4.84. The van der Waals surface area contributed by atoms with Crippen molar-refractivity contribution in [1.29, 1.82) is 0 Å². The van der Waals surface area contributed by atoms with Crippen LogP contribution in [0.3, 0.4) is 0 Å². The molecule has 21 heavy (non-hydrogen) atoms. The minimum Gasteiger partial charge on any atom is -0.469 e. The van der Waals surface area contributed by atoms with Crippen LogP contribution in [-0.2, 0) is 19.6 Å². The molecule has 1 heterocycles. The van der Waals surface area contributed by atoms with Crippen molar-refractivity contribution < 1.29 is 17.9 Å². The lowest BCUT2D eigenvalue weighted by molar-refractivity contribution is -0.146. The van der Waals surface area contributed by atoms with E-state index in [-0.39, 0.29) is 16.8 Å². The number of nitrogens with zero attached hydrogens (tertiary/aromatic N) is 1. The van der Waals surface area contributed by atoms with Crippen LogP contribution in [0.4, 0.5) is 5.69 Å². The number of benzene rings is 1. The fourth-order valence-corrected chi connectivity index (χ4v) is 3.22. The molecule has 0 aromatic heterocycles. The van der Waals surface area contributed by atoms with Gasteiger partial charge >= 0.3 is 5.97 Å². The number of hydrogen-bond donors (Lipinski definition) is 1. The van der Waals surface area contributed by atoms with Crippen LogP contribution in [0.5, 0.6) is 0 Å². The van der Waals surface area contributed by atoms with Crippen molar-refractivity contribution >= 4 is 21.7 Å². The normalized spacial score (nSPS) is 16.8. The Morgan fingerprint density at radius 3 is 2.29 bits per heavy atom. The van der Waals surface area contributed by atoms with Gasteiger partial charge in [0, 0.05) is 18.8 Å². The Hall–Kier alpha value is -1.60. The third kappa shape index (κ3) is 3.54. The first-order valence-corrected chi connectivity index (χ1v) is 8.32. The Balaban J connectivity index is 2.03. The number of nitrogens with one attached hydrogen (secondary N) is 1. The van der Waals surface area contributed by atoms with E-state index in [1.165, 1.54) is 14.2 Å². The van der Waals surface area contributed by atoms with Gasteiger partial charge in [0.2, 0.25) is 10.0 Å². The first-order valence-electron chi connectivity index (χ1n) is 6.84. The summed E-state index contributed by atoms with van der Waals surface area (Å²) in [7, 11) is -0.597. The van der Waals surface area contributed by atoms with E-state index < -0.39 is 10.0 Å². The SMILES string of the molecule is CNS(=O)(=O)c1ccc(N2CCC(C(=O)OC)CC2)cc1. The molecular formula is C14H20N2O4S. The first kappa shape index (κ1) is 15.8. The standard InChI is InChI=1S/C14H20N2O4S/c1-15-21(18,19)13-5-3-12(4-6-13)16-9-7-11(8-10-16)14(17)20-2/h3-6,11,15H,7-10H2,1-2H3. The van der Waals surface area contributed by atoms with E-state index >= 15 is 0 Å². The molecule has 1 aliphatic rings. The van der Waals surface area contributed by atoms with Crippen molar-refractivity contribution in [3.8, 4) is 0 Å². The van der Waals surface area contributed by atoms with E-state index in [1.807, 2.05) is 0 Å². The van der Waals surface area contributed by atoms with E-state index in [4.69, 9.17) is 4.74 Å². The van der Waals surface area contributed by atoms with Crippen molar-refractivity contribution in [2.45, 2.75) is 17.7 Å². The molecule has 1 N–H and O–H groups in total. The van der Waals surface area contributed by atoms with Crippen LogP contribution in [0.15, 0.2) is 29.2 Å². The highest BCUT2D eigenvalue weighted by molar-refractivity contribution is 7.89. The molecule has 0 amide bonds. The third-order valence-electron chi connectivity index (χ3n) is 3.81. The second-order valence-corrected chi connectivity index (χ2v) is 6.87. The van der Waals surface area contributed by atoms with Gasteiger partial charge in [-0.3, -0.25) is 4.79 Å². The predicted octanol–water partition coefficient (Wildman–Crippen LogP) is 0.984. The lowest BCUT2D eigenvalue weighted by Gasteiger charge is -2.32. The number of sulfonamides is 1. The summed E-state index contributed by atoms with van der Waals surface area (Å²) in [4.78, 5) is 13.9. The maximum absolute atomic E-state index is 11.7. The number of esters is 1. The summed E-state index contributed by atoms with van der Waals surface area (Å²) in [6, 6.07) is 6.77. The predicted molar refractivity (Wildman–Crippen MR) is 79.6 cm³/mol. The van der Waals surface area contributed by atoms with Crippen LogP contribution in [0.2, 0.25) is 0 Å². The third-order valence-corrected chi connectivity index (χ3v) is 5.24. The summed E-state index contributed by atoms with van der Waals surface area (Å²) in [6.45, 7) is 1.52. The molecule has 7 heteroatoms. The van der Waals surface area contributed by atoms with Crippen LogP contribution < -0.4 is 9.62 Å². The van der Waals surface area contributed by atoms with E-state index in [2.05, 4.69) is 9.62 Å². The van der Waals surface area contributed by atoms with Gasteiger partial charge in [0.05, 0.1) is 17.9 Å². The monoisotopic (exact) mass is 312 g/mol. The van der Waals surface area contributed by atoms with Crippen LogP contribution in [0, 0.1) is 5.92 Å². The van der Waals surface area contributed by atoms with E-state index in [0.29, 0.717) is 0 Å². The number of anilines is 1. The topological polar surface area (TPSA) is 75.7 Å². The van der Waals surface area contributed by atoms with E-state index in [1.54, 1.807) is 24.3 Å². The number of rotatable bonds is 4. The molecule has 0 unspecified atom stereocenters. The van der Waals surface area contributed by atoms with Gasteiger partial charge < -0.3 is 9.64 Å². The van der Waals surface area contributed by atoms with Gasteiger partial charge in [-0.05, 0) is 44.2 Å². The number of ether oxygens (including phenoxy) is 1. The molecule has 0 spiro atoms. The van der Waals surface area contributed by atoms with Crippen LogP contribution in [0.1, 0.15) is 12.8 Å². The van der Waals surface area contributed by atoms with E-state index in [0.717, 1.165) is 31.6 Å². The molecular weight excluding hydrogens is 292 g/mol. The Bertz CT molecular complexity index is 590. The number of carbonyl (C=O) groups is 1. The average Bonchev–Trinajstić information content (AvgIpc) is 2.54. The summed E-state index contributed by atoms with van der Waals surface area (Å²) in [5.74, 6) is -0.180. The minimum absolute atomic E-state index is 0.0322. The van der Waals surface area contributed by atoms with Crippen molar-refractivity contribution in [2.75, 3.05) is 32.1 Å². The van der Waals surface area contributed by atoms with Gasteiger partial charge in [0.25, 0.3) is 0 Å². The Labute approximate surface area is 125 Å². The van der Waals surface area contributed by atoms with Gasteiger partial charge in [-0.2, -0.15) is 0 Å². The summed E-state index contributed by atoms with van der Waals surface area (Å²) in [5.41, 5.74) is 0.966. The van der Waals surface area contributed by atoms with Gasteiger partial charge in [0.15, 0.2) is 0 Å². The fourth-order valence-electron chi connectivity index (χ4n) is 2.49. The Morgan fingerprint density at radius 1 is 1.24 bits per heavy atom. The van der Waals surface area contributed by atoms with Crippen molar-refractivity contribution in [3.63, 3.8) is 0 Å². The molecule has 116 valence electrons. The van der Waals surface area contributed by atoms with E-state index in [9.17, 15) is 13.2 Å². The summed E-state index contributed by atoms with van der Waals surface area (Å²) in [6.07, 6.45) is 1.51. The average molecular weight is 312 g/mol. The molecule has 6 nitrogen and oxygen atoms in total. The molecule has 0 radical (unpaired) electrons. The van der Waals surface area contributed by atoms with Crippen LogP contribution >= 0.6 is 0 Å². The van der Waals surface area contributed by atoms with Crippen molar-refractivity contribution in [2.24, 2.45) is 5.92 Å². The van der Waals surface area contributed by atoms with Crippen LogP contribution in [-0.4, -0.2) is 41.6 Å². The molecule has 1 saturated heterocycles. The maximum Gasteiger partial charge on any atom is 0.308 e. The van der Waals surface area contributed by atoms with Gasteiger partial charge in [-0.1, -0.05) is 0 Å². The largest absolute Gasteiger partial charge is 0.469 e. The number of methoxy groups -OCH3 is 1. The summed E-state index contributed by atoms with van der Waals surface area (Å²) in [5, 5.41) is 0. The zero-order chi connectivity index (χ0) is 15.5. The second-order valence-electron chi connectivity index (χ2n) is 4.99. The first-order chi connectivity index (χ1) is 9.97. The highest BCUT2D eigenvalue weighted by Gasteiger charge is 2.25. The molecule has 2 rings (SSSR count).